The third-order valence-corrected chi connectivity index (χ3v) is 10.5. The number of alkyl halides is 3. The number of carboxylic acids is 1. The molecule has 2 heterocycles. The van der Waals surface area contributed by atoms with E-state index in [1.807, 2.05) is 0 Å². The van der Waals surface area contributed by atoms with Crippen LogP contribution in [0.5, 0.6) is 0 Å². The number of nitrogens with one attached hydrogen (secondary N) is 1. The maximum absolute atomic E-state index is 13.0. The van der Waals surface area contributed by atoms with Crippen molar-refractivity contribution in [3.05, 3.63) is 39.7 Å². The number of halogens is 5. The van der Waals surface area contributed by atoms with Crippen LogP contribution in [0.2, 0.25) is 10.0 Å². The van der Waals surface area contributed by atoms with Gasteiger partial charge in [-0.05, 0) is 39.2 Å². The number of thiazole rings is 1. The van der Waals surface area contributed by atoms with Crippen molar-refractivity contribution in [1.82, 2.24) is 14.9 Å². The van der Waals surface area contributed by atoms with Crippen LogP contribution in [0.15, 0.2) is 27.6 Å². The summed E-state index contributed by atoms with van der Waals surface area (Å²) in [5.74, 6) is -0.208. The number of carbonyl (C=O) groups is 1. The fraction of sp³-hybridized carbons (Fsp3) is 0.480. The summed E-state index contributed by atoms with van der Waals surface area (Å²) in [6.07, 6.45) is -0.893. The largest absolute Gasteiger partial charge is 0.481 e. The van der Waals surface area contributed by atoms with Crippen LogP contribution < -0.4 is 4.72 Å². The first-order valence-corrected chi connectivity index (χ1v) is 15.3. The van der Waals surface area contributed by atoms with E-state index in [0.717, 1.165) is 25.3 Å². The number of nitrogens with zero attached hydrogens (tertiary/aromatic N) is 2. The first-order chi connectivity index (χ1) is 18.5. The minimum absolute atomic E-state index is 0.112. The molecule has 1 aromatic carbocycles. The highest BCUT2D eigenvalue weighted by molar-refractivity contribution is 7.89. The van der Waals surface area contributed by atoms with Gasteiger partial charge in [-0.1, -0.05) is 53.7 Å². The van der Waals surface area contributed by atoms with Gasteiger partial charge in [0.1, 0.15) is 27.4 Å². The quantitative estimate of drug-likeness (QED) is 0.245. The molecule has 0 saturated heterocycles. The van der Waals surface area contributed by atoms with Crippen molar-refractivity contribution in [2.24, 2.45) is 11.3 Å². The highest BCUT2D eigenvalue weighted by Gasteiger charge is 2.39. The van der Waals surface area contributed by atoms with Crippen LogP contribution in [-0.4, -0.2) is 41.9 Å². The maximum Gasteiger partial charge on any atom is 0.404 e. The molecule has 0 radical (unpaired) electrons. The van der Waals surface area contributed by atoms with E-state index >= 15 is 0 Å². The van der Waals surface area contributed by atoms with Crippen LogP contribution in [0.25, 0.3) is 21.1 Å². The molecule has 0 bridgehead atoms. The van der Waals surface area contributed by atoms with Gasteiger partial charge in [0, 0.05) is 18.1 Å². The second kappa shape index (κ2) is 11.2. The third kappa shape index (κ3) is 6.48. The lowest BCUT2D eigenvalue weighted by Crippen LogP contribution is -2.43. The van der Waals surface area contributed by atoms with Crippen molar-refractivity contribution in [3.8, 4) is 21.1 Å². The lowest BCUT2D eigenvalue weighted by Gasteiger charge is -2.24. The molecule has 2 aromatic heterocycles. The van der Waals surface area contributed by atoms with Crippen LogP contribution in [0, 0.1) is 11.3 Å². The van der Waals surface area contributed by atoms with Gasteiger partial charge < -0.3 is 9.63 Å². The number of sulfonamides is 1. The van der Waals surface area contributed by atoms with Crippen molar-refractivity contribution in [2.45, 2.75) is 70.0 Å². The SMILES string of the molecule is C[C@H](NS(=O)(=O)c1ccc(-c2sc(-c3cc(CC(C)(C)C(=O)O)on3)nc2CC2CCC2)c(Cl)c1Cl)C(F)(F)F. The molecule has 3 aromatic rings. The standard InChI is InChI=1S/C25H26Cl2F3N3O5S2/c1-12(25(28,29)30)33-40(36,37)18-8-7-15(19(26)20(18)27)21-16(9-13-5-4-6-13)31-22(39-21)17-10-14(38-32-17)11-24(2,3)23(34)35/h7-8,10,12-13,33H,4-6,9,11H2,1-3H3,(H,34,35)/t12-/m0/s1. The monoisotopic (exact) mass is 639 g/mol. The van der Waals surface area contributed by atoms with Crippen molar-refractivity contribution in [1.29, 1.82) is 0 Å². The Kier molecular flexibility index (Phi) is 8.64. The molecule has 1 aliphatic rings. The van der Waals surface area contributed by atoms with Gasteiger partial charge in [-0.2, -0.15) is 17.9 Å². The van der Waals surface area contributed by atoms with Crippen LogP contribution in [0.4, 0.5) is 13.2 Å². The van der Waals surface area contributed by atoms with Gasteiger partial charge in [0.05, 0.1) is 26.0 Å². The highest BCUT2D eigenvalue weighted by atomic mass is 35.5. The van der Waals surface area contributed by atoms with E-state index < -0.39 is 43.5 Å². The van der Waals surface area contributed by atoms with Gasteiger partial charge in [-0.15, -0.1) is 11.3 Å². The topological polar surface area (TPSA) is 122 Å². The summed E-state index contributed by atoms with van der Waals surface area (Å²) in [5, 5.41) is 13.4. The second-order valence-corrected chi connectivity index (χ2v) is 13.9. The predicted octanol–water partition coefficient (Wildman–Crippen LogP) is 7.00. The molecular weight excluding hydrogens is 614 g/mol. The molecule has 0 aliphatic heterocycles. The molecule has 218 valence electrons. The highest BCUT2D eigenvalue weighted by Crippen LogP contribution is 2.45. The Labute approximate surface area is 242 Å². The molecule has 8 nitrogen and oxygen atoms in total. The molecule has 1 aliphatic carbocycles. The first-order valence-electron chi connectivity index (χ1n) is 12.3. The molecule has 1 saturated carbocycles. The number of carboxylic acid groups (broad SMARTS) is 1. The van der Waals surface area contributed by atoms with Crippen molar-refractivity contribution >= 4 is 50.5 Å². The molecule has 1 atom stereocenters. The lowest BCUT2D eigenvalue weighted by molar-refractivity contribution is -0.147. The Balaban J connectivity index is 1.71. The Hall–Kier alpha value is -2.19. The molecule has 1 fully saturated rings. The Morgan fingerprint density at radius 1 is 1.25 bits per heavy atom. The van der Waals surface area contributed by atoms with E-state index in [2.05, 4.69) is 5.16 Å². The fourth-order valence-electron chi connectivity index (χ4n) is 4.07. The number of hydrogen-bond acceptors (Lipinski definition) is 7. The molecule has 0 amide bonds. The number of rotatable bonds is 10. The maximum atomic E-state index is 13.0. The van der Waals surface area contributed by atoms with E-state index in [1.165, 1.54) is 17.4 Å². The van der Waals surface area contributed by atoms with Crippen molar-refractivity contribution in [2.75, 3.05) is 0 Å². The summed E-state index contributed by atoms with van der Waals surface area (Å²) in [6, 6.07) is 1.80. The van der Waals surface area contributed by atoms with Gasteiger partial charge in [-0.3, -0.25) is 4.79 Å². The molecule has 40 heavy (non-hydrogen) atoms. The summed E-state index contributed by atoms with van der Waals surface area (Å²) in [4.78, 5) is 16.3. The first kappa shape index (κ1) is 30.8. The zero-order valence-corrected chi connectivity index (χ0v) is 24.7. The van der Waals surface area contributed by atoms with Crippen LogP contribution in [0.1, 0.15) is 51.5 Å². The van der Waals surface area contributed by atoms with Crippen molar-refractivity contribution < 1.29 is 36.0 Å². The average Bonchev–Trinajstić information content (AvgIpc) is 3.43. The molecule has 15 heteroatoms. The van der Waals surface area contributed by atoms with Crippen molar-refractivity contribution in [3.63, 3.8) is 0 Å². The number of aliphatic carboxylic acids is 1. The smallest absolute Gasteiger partial charge is 0.404 e. The second-order valence-electron chi connectivity index (χ2n) is 10.5. The molecule has 4 rings (SSSR count). The number of aromatic nitrogens is 2. The van der Waals surface area contributed by atoms with E-state index in [-0.39, 0.29) is 11.4 Å². The molecule has 2 N–H and O–H groups in total. The van der Waals surface area contributed by atoms with Crippen LogP contribution in [0.3, 0.4) is 0 Å². The van der Waals surface area contributed by atoms with Gasteiger partial charge in [-0.25, -0.2) is 13.4 Å². The Morgan fingerprint density at radius 2 is 1.93 bits per heavy atom. The predicted molar refractivity (Wildman–Crippen MR) is 145 cm³/mol. The van der Waals surface area contributed by atoms with Gasteiger partial charge in [0.25, 0.3) is 0 Å². The third-order valence-electron chi connectivity index (χ3n) is 6.78. The van der Waals surface area contributed by atoms with Crippen LogP contribution >= 0.6 is 34.5 Å². The van der Waals surface area contributed by atoms with Gasteiger partial charge in [0.2, 0.25) is 10.0 Å². The van der Waals surface area contributed by atoms with E-state index in [0.29, 0.717) is 51.9 Å². The lowest BCUT2D eigenvalue weighted by atomic mass is 9.82. The fourth-order valence-corrected chi connectivity index (χ4v) is 7.30. The zero-order valence-electron chi connectivity index (χ0n) is 21.6. The Bertz CT molecular complexity index is 1530. The van der Waals surface area contributed by atoms with Crippen LogP contribution in [-0.2, 0) is 27.7 Å². The summed E-state index contributed by atoms with van der Waals surface area (Å²) in [5.41, 5.74) is 0.397. The zero-order chi connectivity index (χ0) is 29.6. The summed E-state index contributed by atoms with van der Waals surface area (Å²) < 4.78 is 71.2. The number of hydrogen-bond donors (Lipinski definition) is 2. The van der Waals surface area contributed by atoms with Gasteiger partial charge >= 0.3 is 12.1 Å². The minimum atomic E-state index is -4.79. The minimum Gasteiger partial charge on any atom is -0.481 e. The Morgan fingerprint density at radius 3 is 2.50 bits per heavy atom. The van der Waals surface area contributed by atoms with E-state index in [1.54, 1.807) is 24.6 Å². The average molecular weight is 641 g/mol. The summed E-state index contributed by atoms with van der Waals surface area (Å²) >= 11 is 14.1. The van der Waals surface area contributed by atoms with Gasteiger partial charge in [0.15, 0.2) is 0 Å². The molecular formula is C25H26Cl2F3N3O5S2. The summed E-state index contributed by atoms with van der Waals surface area (Å²) in [6.45, 7) is 3.83. The number of benzene rings is 1. The normalized spacial score (nSPS) is 15.7. The van der Waals surface area contributed by atoms with E-state index in [4.69, 9.17) is 32.7 Å². The summed E-state index contributed by atoms with van der Waals surface area (Å²) in [7, 11) is -4.64. The molecule has 0 unspecified atom stereocenters. The van der Waals surface area contributed by atoms with E-state index in [9.17, 15) is 31.5 Å². The molecule has 0 spiro atoms.